The number of anilines is 1. The van der Waals surface area contributed by atoms with Gasteiger partial charge in [-0.1, -0.05) is 35.6 Å². The fraction of sp³-hybridized carbons (Fsp3) is 0.480. The molecule has 1 N–H and O–H groups in total. The number of likely N-dealkylation sites (N-methyl/N-ethyl adjacent to an activating group) is 1. The maximum absolute atomic E-state index is 10.3. The van der Waals surface area contributed by atoms with Crippen LogP contribution in [0.4, 0.5) is 5.69 Å². The third-order valence-corrected chi connectivity index (χ3v) is 6.53. The number of piperidine rings is 1. The van der Waals surface area contributed by atoms with E-state index in [2.05, 4.69) is 62.8 Å². The molecule has 31 heavy (non-hydrogen) atoms. The van der Waals surface area contributed by atoms with Gasteiger partial charge >= 0.3 is 0 Å². The first kappa shape index (κ1) is 22.1. The van der Waals surface area contributed by atoms with E-state index in [1.807, 2.05) is 13.0 Å². The molecule has 2 saturated heterocycles. The standard InChI is InChI=1S/C25H31ClN4O/c1-25(31)9-11-30(12-10-25)23-17-24(26)27-18-22(23)8-7-20-3-5-21(6-4-20)19-29-15-13-28(2)14-16-29/h3-6,17-18,31H,9-16,19H2,1-2H3. The zero-order chi connectivity index (χ0) is 21.8. The van der Waals surface area contributed by atoms with E-state index in [-0.39, 0.29) is 0 Å². The number of pyridine rings is 1. The Morgan fingerprint density at radius 3 is 2.39 bits per heavy atom. The molecule has 1 aromatic carbocycles. The van der Waals surface area contributed by atoms with Gasteiger partial charge in [-0.3, -0.25) is 4.90 Å². The van der Waals surface area contributed by atoms with Crippen LogP contribution in [-0.2, 0) is 6.54 Å². The molecule has 2 aliphatic heterocycles. The Kier molecular flexibility index (Phi) is 6.83. The normalized spacial score (nSPS) is 19.7. The molecule has 5 nitrogen and oxygen atoms in total. The summed E-state index contributed by atoms with van der Waals surface area (Å²) in [7, 11) is 2.18. The van der Waals surface area contributed by atoms with Crippen molar-refractivity contribution in [1.82, 2.24) is 14.8 Å². The highest BCUT2D eigenvalue weighted by atomic mass is 35.5. The number of benzene rings is 1. The van der Waals surface area contributed by atoms with Crippen molar-refractivity contribution in [2.24, 2.45) is 0 Å². The second-order valence-electron chi connectivity index (χ2n) is 9.03. The minimum Gasteiger partial charge on any atom is -0.390 e. The van der Waals surface area contributed by atoms with Gasteiger partial charge in [0.15, 0.2) is 0 Å². The van der Waals surface area contributed by atoms with Gasteiger partial charge in [0.1, 0.15) is 5.15 Å². The zero-order valence-electron chi connectivity index (χ0n) is 18.4. The highest BCUT2D eigenvalue weighted by Gasteiger charge is 2.28. The van der Waals surface area contributed by atoms with E-state index in [4.69, 9.17) is 11.6 Å². The van der Waals surface area contributed by atoms with Crippen LogP contribution in [0, 0.1) is 11.8 Å². The second-order valence-corrected chi connectivity index (χ2v) is 9.42. The van der Waals surface area contributed by atoms with E-state index in [0.29, 0.717) is 5.15 Å². The molecule has 0 saturated carbocycles. The number of aliphatic hydroxyl groups is 1. The average Bonchev–Trinajstić information content (AvgIpc) is 2.75. The lowest BCUT2D eigenvalue weighted by molar-refractivity contribution is 0.0351. The monoisotopic (exact) mass is 438 g/mol. The summed E-state index contributed by atoms with van der Waals surface area (Å²) in [5.41, 5.74) is 3.58. The van der Waals surface area contributed by atoms with Gasteiger partial charge in [0, 0.05) is 63.6 Å². The summed E-state index contributed by atoms with van der Waals surface area (Å²) in [4.78, 5) is 11.4. The molecule has 0 atom stereocenters. The number of hydrogen-bond donors (Lipinski definition) is 1. The van der Waals surface area contributed by atoms with Crippen LogP contribution in [0.3, 0.4) is 0 Å². The van der Waals surface area contributed by atoms with Crippen LogP contribution in [0.2, 0.25) is 5.15 Å². The minimum atomic E-state index is -0.592. The maximum atomic E-state index is 10.3. The van der Waals surface area contributed by atoms with Crippen molar-refractivity contribution in [2.45, 2.75) is 31.9 Å². The predicted octanol–water partition coefficient (Wildman–Crippen LogP) is 3.23. The highest BCUT2D eigenvalue weighted by Crippen LogP contribution is 2.29. The van der Waals surface area contributed by atoms with Crippen LogP contribution in [0.15, 0.2) is 36.5 Å². The van der Waals surface area contributed by atoms with Crippen LogP contribution in [0.5, 0.6) is 0 Å². The van der Waals surface area contributed by atoms with Gasteiger partial charge in [-0.05, 0) is 44.5 Å². The summed E-state index contributed by atoms with van der Waals surface area (Å²) >= 11 is 6.17. The van der Waals surface area contributed by atoms with Crippen LogP contribution in [0.1, 0.15) is 36.5 Å². The molecule has 1 aromatic heterocycles. The number of rotatable bonds is 3. The van der Waals surface area contributed by atoms with Crippen molar-refractivity contribution < 1.29 is 5.11 Å². The van der Waals surface area contributed by atoms with Gasteiger partial charge < -0.3 is 14.9 Å². The van der Waals surface area contributed by atoms with E-state index in [0.717, 1.165) is 75.5 Å². The number of aromatic nitrogens is 1. The molecule has 2 aromatic rings. The maximum Gasteiger partial charge on any atom is 0.131 e. The van der Waals surface area contributed by atoms with Gasteiger partial charge in [-0.15, -0.1) is 0 Å². The molecule has 0 aliphatic carbocycles. The Balaban J connectivity index is 1.45. The molecule has 0 spiro atoms. The van der Waals surface area contributed by atoms with Gasteiger partial charge in [0.25, 0.3) is 0 Å². The quantitative estimate of drug-likeness (QED) is 0.588. The molecule has 2 fully saturated rings. The van der Waals surface area contributed by atoms with E-state index < -0.39 is 5.60 Å². The fourth-order valence-electron chi connectivity index (χ4n) is 4.10. The van der Waals surface area contributed by atoms with Gasteiger partial charge in [-0.2, -0.15) is 0 Å². The molecule has 0 unspecified atom stereocenters. The molecule has 3 heterocycles. The van der Waals surface area contributed by atoms with Gasteiger partial charge in [-0.25, -0.2) is 4.98 Å². The molecule has 0 bridgehead atoms. The van der Waals surface area contributed by atoms with Crippen LogP contribution < -0.4 is 4.90 Å². The molecular weight excluding hydrogens is 408 g/mol. The Morgan fingerprint density at radius 2 is 1.71 bits per heavy atom. The van der Waals surface area contributed by atoms with Gasteiger partial charge in [0.05, 0.1) is 16.9 Å². The van der Waals surface area contributed by atoms with Crippen molar-refractivity contribution >= 4 is 17.3 Å². The van der Waals surface area contributed by atoms with Gasteiger partial charge in [0.2, 0.25) is 0 Å². The molecule has 0 radical (unpaired) electrons. The Bertz CT molecular complexity index is 946. The SMILES string of the molecule is CN1CCN(Cc2ccc(C#Cc3cnc(Cl)cc3N3CCC(C)(O)CC3)cc2)CC1. The zero-order valence-corrected chi connectivity index (χ0v) is 19.2. The van der Waals surface area contributed by atoms with E-state index >= 15 is 0 Å². The van der Waals surface area contributed by atoms with E-state index in [1.165, 1.54) is 5.56 Å². The van der Waals surface area contributed by atoms with Crippen LogP contribution in [0.25, 0.3) is 0 Å². The van der Waals surface area contributed by atoms with Crippen LogP contribution in [-0.4, -0.2) is 71.8 Å². The number of piperazine rings is 1. The Morgan fingerprint density at radius 1 is 1.03 bits per heavy atom. The average molecular weight is 439 g/mol. The third-order valence-electron chi connectivity index (χ3n) is 6.33. The molecule has 2 aliphatic rings. The van der Waals surface area contributed by atoms with Crippen molar-refractivity contribution in [3.8, 4) is 11.8 Å². The van der Waals surface area contributed by atoms with E-state index in [9.17, 15) is 5.11 Å². The summed E-state index contributed by atoms with van der Waals surface area (Å²) in [6.07, 6.45) is 3.21. The summed E-state index contributed by atoms with van der Waals surface area (Å²) in [6, 6.07) is 10.4. The molecule has 0 amide bonds. The largest absolute Gasteiger partial charge is 0.390 e. The Hall–Kier alpha value is -2.10. The minimum absolute atomic E-state index is 0.464. The predicted molar refractivity (Wildman–Crippen MR) is 127 cm³/mol. The van der Waals surface area contributed by atoms with Crippen LogP contribution >= 0.6 is 11.6 Å². The first-order valence-corrected chi connectivity index (χ1v) is 11.4. The molecule has 4 rings (SSSR count). The summed E-state index contributed by atoms with van der Waals surface area (Å²) in [6.45, 7) is 8.97. The Labute approximate surface area is 190 Å². The molecule has 6 heteroatoms. The lowest BCUT2D eigenvalue weighted by atomic mass is 9.93. The fourth-order valence-corrected chi connectivity index (χ4v) is 4.26. The highest BCUT2D eigenvalue weighted by molar-refractivity contribution is 6.29. The van der Waals surface area contributed by atoms with Crippen molar-refractivity contribution in [3.05, 3.63) is 58.4 Å². The first-order valence-electron chi connectivity index (χ1n) is 11.0. The first-order chi connectivity index (χ1) is 14.9. The summed E-state index contributed by atoms with van der Waals surface area (Å²) < 4.78 is 0. The summed E-state index contributed by atoms with van der Waals surface area (Å²) in [5.74, 6) is 6.57. The summed E-state index contributed by atoms with van der Waals surface area (Å²) in [5, 5.41) is 10.7. The number of halogens is 1. The number of nitrogens with zero attached hydrogens (tertiary/aromatic N) is 4. The third kappa shape index (κ3) is 5.99. The smallest absolute Gasteiger partial charge is 0.131 e. The second kappa shape index (κ2) is 9.58. The lowest BCUT2D eigenvalue weighted by Crippen LogP contribution is -2.43. The van der Waals surface area contributed by atoms with Crippen molar-refractivity contribution in [2.75, 3.05) is 51.2 Å². The topological polar surface area (TPSA) is 42.8 Å². The molecule has 164 valence electrons. The lowest BCUT2D eigenvalue weighted by Gasteiger charge is -2.37. The van der Waals surface area contributed by atoms with Crippen molar-refractivity contribution in [1.29, 1.82) is 0 Å². The van der Waals surface area contributed by atoms with E-state index in [1.54, 1.807) is 6.20 Å². The van der Waals surface area contributed by atoms with Crippen molar-refractivity contribution in [3.63, 3.8) is 0 Å². The number of hydrogen-bond acceptors (Lipinski definition) is 5. The molecular formula is C25H31ClN4O.